The summed E-state index contributed by atoms with van der Waals surface area (Å²) in [5.74, 6) is 0.167. The van der Waals surface area contributed by atoms with Gasteiger partial charge in [-0.15, -0.1) is 0 Å². The van der Waals surface area contributed by atoms with E-state index in [2.05, 4.69) is 10.0 Å². The Morgan fingerprint density at radius 1 is 1.26 bits per heavy atom. The van der Waals surface area contributed by atoms with E-state index in [0.29, 0.717) is 18.8 Å². The van der Waals surface area contributed by atoms with E-state index in [4.69, 9.17) is 5.73 Å². The molecule has 0 radical (unpaired) electrons. The minimum absolute atomic E-state index is 0.0299. The Morgan fingerprint density at radius 2 is 1.96 bits per heavy atom. The van der Waals surface area contributed by atoms with Crippen molar-refractivity contribution in [2.75, 3.05) is 18.4 Å². The van der Waals surface area contributed by atoms with E-state index in [1.165, 1.54) is 12.1 Å². The number of hydrogen-bond acceptors (Lipinski definition) is 4. The van der Waals surface area contributed by atoms with Gasteiger partial charge in [-0.2, -0.15) is 0 Å². The molecule has 0 spiro atoms. The fourth-order valence-electron chi connectivity index (χ4n) is 2.94. The maximum absolute atomic E-state index is 12.3. The van der Waals surface area contributed by atoms with E-state index >= 15 is 0 Å². The SMILES string of the molecule is CCCNS(=O)(=O)c1ccc(NC(=O)[C@@H]2CCC[C@@H]2CN)cc1. The van der Waals surface area contributed by atoms with Gasteiger partial charge in [-0.05, 0) is 56.0 Å². The van der Waals surface area contributed by atoms with Crippen LogP contribution in [0.5, 0.6) is 0 Å². The number of hydrogen-bond donors (Lipinski definition) is 3. The number of benzene rings is 1. The minimum Gasteiger partial charge on any atom is -0.330 e. The van der Waals surface area contributed by atoms with E-state index in [1.807, 2.05) is 6.92 Å². The third kappa shape index (κ3) is 4.53. The predicted molar refractivity (Wildman–Crippen MR) is 90.4 cm³/mol. The molecule has 4 N–H and O–H groups in total. The first-order valence-electron chi connectivity index (χ1n) is 8.08. The summed E-state index contributed by atoms with van der Waals surface area (Å²) >= 11 is 0. The van der Waals surface area contributed by atoms with Crippen molar-refractivity contribution in [3.05, 3.63) is 24.3 Å². The molecule has 0 aromatic heterocycles. The van der Waals surface area contributed by atoms with Crippen molar-refractivity contribution in [2.24, 2.45) is 17.6 Å². The van der Waals surface area contributed by atoms with Gasteiger partial charge in [0.1, 0.15) is 0 Å². The molecule has 0 saturated heterocycles. The van der Waals surface area contributed by atoms with Crippen LogP contribution in [-0.4, -0.2) is 27.4 Å². The molecule has 0 bridgehead atoms. The lowest BCUT2D eigenvalue weighted by molar-refractivity contribution is -0.120. The summed E-state index contributed by atoms with van der Waals surface area (Å²) in [6.07, 6.45) is 3.62. The zero-order valence-electron chi connectivity index (χ0n) is 13.4. The van der Waals surface area contributed by atoms with Gasteiger partial charge in [0, 0.05) is 18.2 Å². The first-order chi connectivity index (χ1) is 11.0. The van der Waals surface area contributed by atoms with Crippen LogP contribution in [0.1, 0.15) is 32.6 Å². The molecule has 6 nitrogen and oxygen atoms in total. The second-order valence-corrected chi connectivity index (χ2v) is 7.71. The lowest BCUT2D eigenvalue weighted by Gasteiger charge is -2.17. The molecular weight excluding hydrogens is 314 g/mol. The largest absolute Gasteiger partial charge is 0.330 e. The Kier molecular flexibility index (Phi) is 6.15. The number of nitrogens with one attached hydrogen (secondary N) is 2. The van der Waals surface area contributed by atoms with Crippen LogP contribution in [0, 0.1) is 11.8 Å². The van der Waals surface area contributed by atoms with E-state index in [1.54, 1.807) is 12.1 Å². The standard InChI is InChI=1S/C16H25N3O3S/c1-2-10-18-23(21,22)14-8-6-13(7-9-14)19-16(20)15-5-3-4-12(15)11-17/h6-9,12,15,18H,2-5,10-11,17H2,1H3,(H,19,20)/t12-,15-/m1/s1. The lowest BCUT2D eigenvalue weighted by Crippen LogP contribution is -2.29. The van der Waals surface area contributed by atoms with Crippen LogP contribution < -0.4 is 15.8 Å². The molecule has 1 aliphatic rings. The molecule has 23 heavy (non-hydrogen) atoms. The van der Waals surface area contributed by atoms with Crippen molar-refractivity contribution in [2.45, 2.75) is 37.5 Å². The first kappa shape index (κ1) is 17.9. The molecule has 0 aliphatic heterocycles. The summed E-state index contributed by atoms with van der Waals surface area (Å²) in [5.41, 5.74) is 6.31. The molecular formula is C16H25N3O3S. The molecule has 128 valence electrons. The predicted octanol–water partition coefficient (Wildman–Crippen LogP) is 1.69. The quantitative estimate of drug-likeness (QED) is 0.703. The summed E-state index contributed by atoms with van der Waals surface area (Å²) in [6.45, 7) is 2.83. The van der Waals surface area contributed by atoms with Gasteiger partial charge in [0.15, 0.2) is 0 Å². The molecule has 0 unspecified atom stereocenters. The number of amides is 1. The third-order valence-corrected chi connectivity index (χ3v) is 5.75. The van der Waals surface area contributed by atoms with Crippen LogP contribution in [-0.2, 0) is 14.8 Å². The number of carbonyl (C=O) groups is 1. The average Bonchev–Trinajstić information content (AvgIpc) is 3.02. The summed E-state index contributed by atoms with van der Waals surface area (Å²) in [5, 5.41) is 2.86. The smallest absolute Gasteiger partial charge is 0.240 e. The molecule has 2 rings (SSSR count). The summed E-state index contributed by atoms with van der Waals surface area (Å²) in [4.78, 5) is 12.5. The highest BCUT2D eigenvalue weighted by Gasteiger charge is 2.31. The summed E-state index contributed by atoms with van der Waals surface area (Å²) < 4.78 is 26.5. The highest BCUT2D eigenvalue weighted by Crippen LogP contribution is 2.31. The number of sulfonamides is 1. The van der Waals surface area contributed by atoms with Gasteiger partial charge >= 0.3 is 0 Å². The van der Waals surface area contributed by atoms with Crippen molar-refractivity contribution in [3.63, 3.8) is 0 Å². The van der Waals surface area contributed by atoms with Gasteiger partial charge < -0.3 is 11.1 Å². The molecule has 0 heterocycles. The zero-order chi connectivity index (χ0) is 16.9. The second-order valence-electron chi connectivity index (χ2n) is 5.94. The van der Waals surface area contributed by atoms with Crippen LogP contribution in [0.25, 0.3) is 0 Å². The molecule has 1 fully saturated rings. The molecule has 1 aromatic rings. The fourth-order valence-corrected chi connectivity index (χ4v) is 4.07. The van der Waals surface area contributed by atoms with E-state index < -0.39 is 10.0 Å². The highest BCUT2D eigenvalue weighted by molar-refractivity contribution is 7.89. The fraction of sp³-hybridized carbons (Fsp3) is 0.562. The lowest BCUT2D eigenvalue weighted by atomic mass is 9.95. The number of carbonyl (C=O) groups excluding carboxylic acids is 1. The number of nitrogens with two attached hydrogens (primary N) is 1. The minimum atomic E-state index is -3.48. The summed E-state index contributed by atoms with van der Waals surface area (Å²) in [6, 6.07) is 6.24. The molecule has 1 saturated carbocycles. The van der Waals surface area contributed by atoms with Crippen molar-refractivity contribution in [3.8, 4) is 0 Å². The molecule has 7 heteroatoms. The highest BCUT2D eigenvalue weighted by atomic mass is 32.2. The van der Waals surface area contributed by atoms with Crippen LogP contribution in [0.3, 0.4) is 0 Å². The molecule has 1 aliphatic carbocycles. The average molecular weight is 339 g/mol. The van der Waals surface area contributed by atoms with Gasteiger partial charge in [-0.25, -0.2) is 13.1 Å². The normalized spacial score (nSPS) is 21.3. The maximum Gasteiger partial charge on any atom is 0.240 e. The Labute approximate surface area is 137 Å². The van der Waals surface area contributed by atoms with Gasteiger partial charge in [0.25, 0.3) is 0 Å². The van der Waals surface area contributed by atoms with Crippen molar-refractivity contribution < 1.29 is 13.2 Å². The second kappa shape index (κ2) is 7.90. The number of rotatable bonds is 7. The van der Waals surface area contributed by atoms with Crippen molar-refractivity contribution in [1.29, 1.82) is 0 Å². The van der Waals surface area contributed by atoms with E-state index in [-0.39, 0.29) is 22.6 Å². The van der Waals surface area contributed by atoms with Gasteiger partial charge in [-0.1, -0.05) is 13.3 Å². The molecule has 2 atom stereocenters. The third-order valence-electron chi connectivity index (χ3n) is 4.27. The maximum atomic E-state index is 12.3. The monoisotopic (exact) mass is 339 g/mol. The number of anilines is 1. The van der Waals surface area contributed by atoms with Crippen LogP contribution >= 0.6 is 0 Å². The van der Waals surface area contributed by atoms with Crippen molar-refractivity contribution in [1.82, 2.24) is 4.72 Å². The van der Waals surface area contributed by atoms with Crippen molar-refractivity contribution >= 4 is 21.6 Å². The van der Waals surface area contributed by atoms with Gasteiger partial charge in [0.05, 0.1) is 4.90 Å². The van der Waals surface area contributed by atoms with E-state index in [9.17, 15) is 13.2 Å². The first-order valence-corrected chi connectivity index (χ1v) is 9.57. The molecule has 1 aromatic carbocycles. The van der Waals surface area contributed by atoms with Crippen LogP contribution in [0.2, 0.25) is 0 Å². The van der Waals surface area contributed by atoms with Gasteiger partial charge in [0.2, 0.25) is 15.9 Å². The van der Waals surface area contributed by atoms with E-state index in [0.717, 1.165) is 25.7 Å². The Balaban J connectivity index is 2.01. The van der Waals surface area contributed by atoms with Crippen LogP contribution in [0.15, 0.2) is 29.2 Å². The molecule has 1 amide bonds. The van der Waals surface area contributed by atoms with Crippen LogP contribution in [0.4, 0.5) is 5.69 Å². The topological polar surface area (TPSA) is 101 Å². The Hall–Kier alpha value is -1.44. The summed E-state index contributed by atoms with van der Waals surface area (Å²) in [7, 11) is -3.48. The zero-order valence-corrected chi connectivity index (χ0v) is 14.2. The Bertz CT molecular complexity index is 628. The van der Waals surface area contributed by atoms with Gasteiger partial charge in [-0.3, -0.25) is 4.79 Å². The Morgan fingerprint density at radius 3 is 2.57 bits per heavy atom.